The maximum atomic E-state index is 4.35. The molecule has 0 aliphatic rings. The summed E-state index contributed by atoms with van der Waals surface area (Å²) in [5.74, 6) is 0.793. The third-order valence-electron chi connectivity index (χ3n) is 1.92. The Labute approximate surface area is 82.6 Å². The van der Waals surface area contributed by atoms with Crippen LogP contribution in [0.3, 0.4) is 0 Å². The van der Waals surface area contributed by atoms with Crippen molar-refractivity contribution in [3.8, 4) is 0 Å². The largest absolute Gasteiger partial charge is 0.277 e. The minimum Gasteiger partial charge on any atom is -0.277 e. The Kier molecular flexibility index (Phi) is 2.18. The quantitative estimate of drug-likeness (QED) is 0.781. The average Bonchev–Trinajstić information content (AvgIpc) is 2.64. The van der Waals surface area contributed by atoms with Crippen LogP contribution in [0.1, 0.15) is 11.4 Å². The summed E-state index contributed by atoms with van der Waals surface area (Å²) in [6.45, 7) is 3.85. The highest BCUT2D eigenvalue weighted by molar-refractivity contribution is 5.39. The Morgan fingerprint density at radius 1 is 1.21 bits per heavy atom. The van der Waals surface area contributed by atoms with Crippen molar-refractivity contribution in [2.75, 3.05) is 5.43 Å². The van der Waals surface area contributed by atoms with Gasteiger partial charge in [-0.1, -0.05) is 0 Å². The van der Waals surface area contributed by atoms with Gasteiger partial charge in [-0.2, -0.15) is 0 Å². The minimum atomic E-state index is 0.793. The summed E-state index contributed by atoms with van der Waals surface area (Å²) in [5, 5.41) is 0. The highest BCUT2D eigenvalue weighted by atomic mass is 15.4. The lowest BCUT2D eigenvalue weighted by atomic mass is 10.4. The van der Waals surface area contributed by atoms with Gasteiger partial charge >= 0.3 is 0 Å². The molecule has 0 atom stereocenters. The predicted molar refractivity (Wildman–Crippen MR) is 55.0 cm³/mol. The van der Waals surface area contributed by atoms with Gasteiger partial charge in [0.1, 0.15) is 0 Å². The normalized spacial score (nSPS) is 10.1. The second-order valence-electron chi connectivity index (χ2n) is 3.15. The van der Waals surface area contributed by atoms with Crippen LogP contribution >= 0.6 is 0 Å². The first-order valence-corrected chi connectivity index (χ1v) is 4.46. The van der Waals surface area contributed by atoms with Gasteiger partial charge in [-0.15, -0.1) is 0 Å². The number of nitrogens with zero attached hydrogens (tertiary/aromatic N) is 3. The van der Waals surface area contributed by atoms with E-state index in [0.717, 1.165) is 17.2 Å². The topological polar surface area (TPSA) is 42.7 Å². The lowest BCUT2D eigenvalue weighted by Crippen LogP contribution is -2.10. The lowest BCUT2D eigenvalue weighted by Gasteiger charge is -2.08. The molecular formula is C10H12N4. The molecule has 0 bridgehead atoms. The van der Waals surface area contributed by atoms with E-state index in [4.69, 9.17) is 0 Å². The lowest BCUT2D eigenvalue weighted by molar-refractivity contribution is 0.925. The maximum absolute atomic E-state index is 4.35. The SMILES string of the molecule is Cc1cnc(C)c(Nn2cccc2)n1. The van der Waals surface area contributed by atoms with Gasteiger partial charge in [0.25, 0.3) is 0 Å². The Morgan fingerprint density at radius 3 is 2.64 bits per heavy atom. The van der Waals surface area contributed by atoms with Gasteiger partial charge in [0.2, 0.25) is 0 Å². The van der Waals surface area contributed by atoms with E-state index in [1.807, 2.05) is 43.0 Å². The van der Waals surface area contributed by atoms with Crippen LogP contribution in [0.4, 0.5) is 5.82 Å². The molecule has 0 unspecified atom stereocenters. The third kappa shape index (κ3) is 1.74. The molecule has 0 spiro atoms. The zero-order valence-electron chi connectivity index (χ0n) is 8.23. The minimum absolute atomic E-state index is 0.793. The molecule has 0 aliphatic heterocycles. The molecule has 14 heavy (non-hydrogen) atoms. The second kappa shape index (κ2) is 3.49. The van der Waals surface area contributed by atoms with E-state index in [1.165, 1.54) is 0 Å². The number of aromatic nitrogens is 3. The fraction of sp³-hybridized carbons (Fsp3) is 0.200. The van der Waals surface area contributed by atoms with Gasteiger partial charge in [-0.25, -0.2) is 4.98 Å². The van der Waals surface area contributed by atoms with Crippen molar-refractivity contribution < 1.29 is 0 Å². The van der Waals surface area contributed by atoms with Crippen LogP contribution < -0.4 is 5.43 Å². The molecule has 0 aromatic carbocycles. The molecule has 2 heterocycles. The van der Waals surface area contributed by atoms with Gasteiger partial charge in [0.15, 0.2) is 5.82 Å². The molecule has 0 saturated heterocycles. The van der Waals surface area contributed by atoms with Crippen LogP contribution in [-0.2, 0) is 0 Å². The molecule has 4 nitrogen and oxygen atoms in total. The third-order valence-corrected chi connectivity index (χ3v) is 1.92. The van der Waals surface area contributed by atoms with Crippen molar-refractivity contribution in [3.05, 3.63) is 42.1 Å². The fourth-order valence-corrected chi connectivity index (χ4v) is 1.17. The monoisotopic (exact) mass is 188 g/mol. The molecule has 0 saturated carbocycles. The highest BCUT2D eigenvalue weighted by Gasteiger charge is 2.00. The number of anilines is 1. The van der Waals surface area contributed by atoms with E-state index < -0.39 is 0 Å². The van der Waals surface area contributed by atoms with E-state index >= 15 is 0 Å². The van der Waals surface area contributed by atoms with Crippen molar-refractivity contribution in [2.24, 2.45) is 0 Å². The molecular weight excluding hydrogens is 176 g/mol. The molecule has 4 heteroatoms. The summed E-state index contributed by atoms with van der Waals surface area (Å²) in [5.41, 5.74) is 4.94. The van der Waals surface area contributed by atoms with E-state index in [1.54, 1.807) is 6.20 Å². The van der Waals surface area contributed by atoms with Crippen LogP contribution in [0.15, 0.2) is 30.7 Å². The Morgan fingerprint density at radius 2 is 1.93 bits per heavy atom. The summed E-state index contributed by atoms with van der Waals surface area (Å²) in [6, 6.07) is 3.90. The molecule has 0 amide bonds. The van der Waals surface area contributed by atoms with E-state index in [9.17, 15) is 0 Å². The number of aryl methyl sites for hydroxylation is 2. The van der Waals surface area contributed by atoms with E-state index in [-0.39, 0.29) is 0 Å². The summed E-state index contributed by atoms with van der Waals surface area (Å²) in [7, 11) is 0. The van der Waals surface area contributed by atoms with Crippen LogP contribution in [-0.4, -0.2) is 14.6 Å². The number of hydrogen-bond donors (Lipinski definition) is 1. The summed E-state index contributed by atoms with van der Waals surface area (Å²) in [6.07, 6.45) is 5.60. The first kappa shape index (κ1) is 8.74. The van der Waals surface area contributed by atoms with E-state index in [0.29, 0.717) is 0 Å². The van der Waals surface area contributed by atoms with Gasteiger partial charge < -0.3 is 0 Å². The molecule has 2 aromatic rings. The molecule has 1 N–H and O–H groups in total. The Balaban J connectivity index is 2.28. The first-order chi connectivity index (χ1) is 6.75. The molecule has 0 fully saturated rings. The molecule has 2 aromatic heterocycles. The van der Waals surface area contributed by atoms with Gasteiger partial charge in [0.05, 0.1) is 11.4 Å². The fourth-order valence-electron chi connectivity index (χ4n) is 1.17. The molecule has 0 radical (unpaired) electrons. The van der Waals surface area contributed by atoms with Gasteiger partial charge in [-0.3, -0.25) is 15.1 Å². The predicted octanol–water partition coefficient (Wildman–Crippen LogP) is 1.77. The summed E-state index contributed by atoms with van der Waals surface area (Å²) < 4.78 is 1.84. The second-order valence-corrected chi connectivity index (χ2v) is 3.15. The van der Waals surface area contributed by atoms with Crippen molar-refractivity contribution >= 4 is 5.82 Å². The van der Waals surface area contributed by atoms with Crippen LogP contribution in [0, 0.1) is 13.8 Å². The highest BCUT2D eigenvalue weighted by Crippen LogP contribution is 2.08. The number of nitrogens with one attached hydrogen (secondary N) is 1. The zero-order valence-corrected chi connectivity index (χ0v) is 8.23. The molecule has 0 aliphatic carbocycles. The van der Waals surface area contributed by atoms with E-state index in [2.05, 4.69) is 15.4 Å². The summed E-state index contributed by atoms with van der Waals surface area (Å²) >= 11 is 0. The number of rotatable bonds is 2. The van der Waals surface area contributed by atoms with Crippen molar-refractivity contribution in [1.82, 2.24) is 14.6 Å². The van der Waals surface area contributed by atoms with Crippen molar-refractivity contribution in [3.63, 3.8) is 0 Å². The number of hydrogen-bond acceptors (Lipinski definition) is 3. The van der Waals surface area contributed by atoms with Crippen molar-refractivity contribution in [1.29, 1.82) is 0 Å². The first-order valence-electron chi connectivity index (χ1n) is 4.46. The maximum Gasteiger partial charge on any atom is 0.166 e. The molecule has 2 rings (SSSR count). The van der Waals surface area contributed by atoms with Gasteiger partial charge in [0, 0.05) is 18.6 Å². The van der Waals surface area contributed by atoms with Crippen LogP contribution in [0.5, 0.6) is 0 Å². The Bertz CT molecular complexity index is 420. The standard InChI is InChI=1S/C10H12N4/c1-8-7-11-9(2)10(12-8)13-14-5-3-4-6-14/h3-7H,1-2H3,(H,12,13). The average molecular weight is 188 g/mol. The Hall–Kier alpha value is -1.84. The van der Waals surface area contributed by atoms with Crippen LogP contribution in [0.2, 0.25) is 0 Å². The van der Waals surface area contributed by atoms with Crippen molar-refractivity contribution in [2.45, 2.75) is 13.8 Å². The summed E-state index contributed by atoms with van der Waals surface area (Å²) in [4.78, 5) is 8.57. The zero-order chi connectivity index (χ0) is 9.97. The molecule has 72 valence electrons. The van der Waals surface area contributed by atoms with Crippen LogP contribution in [0.25, 0.3) is 0 Å². The van der Waals surface area contributed by atoms with Gasteiger partial charge in [-0.05, 0) is 26.0 Å². The smallest absolute Gasteiger partial charge is 0.166 e.